The van der Waals surface area contributed by atoms with E-state index in [0.717, 1.165) is 19.4 Å². The Balaban J connectivity index is 1.76. The molecular formula is C21H17ClF8N6O. The average molecular weight is 557 g/mol. The van der Waals surface area contributed by atoms with E-state index in [1.165, 1.54) is 18.2 Å². The van der Waals surface area contributed by atoms with Crippen LogP contribution in [0.4, 0.5) is 35.1 Å². The van der Waals surface area contributed by atoms with Crippen LogP contribution >= 0.6 is 11.6 Å². The molecule has 16 heteroatoms. The molecular weight excluding hydrogens is 540 g/mol. The molecule has 200 valence electrons. The predicted octanol–water partition coefficient (Wildman–Crippen LogP) is 4.82. The molecule has 3 aromatic rings. The molecule has 3 N–H and O–H groups in total. The van der Waals surface area contributed by atoms with Gasteiger partial charge in [-0.25, -0.2) is 9.36 Å². The number of nitrogens with two attached hydrogens (primary N) is 1. The van der Waals surface area contributed by atoms with Gasteiger partial charge in [-0.15, -0.1) is 0 Å². The first kappa shape index (κ1) is 26.9. The van der Waals surface area contributed by atoms with Crippen LogP contribution in [0.2, 0.25) is 5.02 Å². The van der Waals surface area contributed by atoms with E-state index in [0.29, 0.717) is 17.5 Å². The number of benzene rings is 1. The molecule has 1 aliphatic carbocycles. The van der Waals surface area contributed by atoms with Gasteiger partial charge in [0, 0.05) is 25.4 Å². The fourth-order valence-corrected chi connectivity index (χ4v) is 3.90. The standard InChI is InChI=1S/C21H17ClF8N6O/c1-35-17(14(20(25,26)27)15(34-35)19(23,24)21(28,29)30)36-8-11(7-32-36)10-2-3-13(22)12(6-10)16(37)33-18(9-31)4-5-18/h2-3,6-8H,4-5,9,31H2,1H3,(H,33,37). The minimum Gasteiger partial charge on any atom is -0.345 e. The largest absolute Gasteiger partial charge is 0.459 e. The summed E-state index contributed by atoms with van der Waals surface area (Å²) in [6, 6.07) is 4.12. The van der Waals surface area contributed by atoms with Crippen molar-refractivity contribution in [1.29, 1.82) is 0 Å². The molecule has 1 saturated carbocycles. The number of aromatic nitrogens is 4. The van der Waals surface area contributed by atoms with Gasteiger partial charge in [-0.2, -0.15) is 45.3 Å². The van der Waals surface area contributed by atoms with Crippen LogP contribution in [-0.2, 0) is 19.1 Å². The summed E-state index contributed by atoms with van der Waals surface area (Å²) < 4.78 is 109. The lowest BCUT2D eigenvalue weighted by atomic mass is 10.1. The third kappa shape index (κ3) is 4.77. The van der Waals surface area contributed by atoms with E-state index in [2.05, 4.69) is 15.5 Å². The van der Waals surface area contributed by atoms with Crippen LogP contribution in [0.3, 0.4) is 0 Å². The molecule has 1 aromatic carbocycles. The van der Waals surface area contributed by atoms with Crippen molar-refractivity contribution >= 4 is 17.5 Å². The Morgan fingerprint density at radius 3 is 2.32 bits per heavy atom. The van der Waals surface area contributed by atoms with Gasteiger partial charge in [-0.05, 0) is 30.5 Å². The zero-order valence-electron chi connectivity index (χ0n) is 18.7. The van der Waals surface area contributed by atoms with Gasteiger partial charge in [0.25, 0.3) is 5.91 Å². The Hall–Kier alpha value is -3.20. The first-order chi connectivity index (χ1) is 17.0. The summed E-state index contributed by atoms with van der Waals surface area (Å²) in [6.07, 6.45) is -8.58. The van der Waals surface area contributed by atoms with Crippen LogP contribution in [0.1, 0.15) is 34.5 Å². The van der Waals surface area contributed by atoms with Crippen molar-refractivity contribution in [3.8, 4) is 16.9 Å². The number of carbonyl (C=O) groups is 1. The van der Waals surface area contributed by atoms with Gasteiger partial charge in [0.1, 0.15) is 5.56 Å². The normalized spacial score (nSPS) is 15.6. The highest BCUT2D eigenvalue weighted by Crippen LogP contribution is 2.49. The Morgan fingerprint density at radius 2 is 1.78 bits per heavy atom. The number of hydrogen-bond donors (Lipinski definition) is 2. The summed E-state index contributed by atoms with van der Waals surface area (Å²) in [4.78, 5) is 12.7. The van der Waals surface area contributed by atoms with Crippen LogP contribution < -0.4 is 11.1 Å². The molecule has 1 fully saturated rings. The summed E-state index contributed by atoms with van der Waals surface area (Å²) in [5.74, 6) is -7.58. The number of aryl methyl sites for hydroxylation is 1. The third-order valence-electron chi connectivity index (χ3n) is 5.92. The third-order valence-corrected chi connectivity index (χ3v) is 6.25. The number of hydrogen-bond acceptors (Lipinski definition) is 4. The first-order valence-electron chi connectivity index (χ1n) is 10.5. The van der Waals surface area contributed by atoms with E-state index in [9.17, 15) is 39.9 Å². The van der Waals surface area contributed by atoms with Gasteiger partial charge < -0.3 is 11.1 Å². The minimum absolute atomic E-state index is 0.0373. The zero-order chi connectivity index (χ0) is 27.6. The van der Waals surface area contributed by atoms with Crippen molar-refractivity contribution in [2.75, 3.05) is 6.54 Å². The lowest BCUT2D eigenvalue weighted by Crippen LogP contribution is -2.42. The molecule has 1 aliphatic rings. The Bertz CT molecular complexity index is 1360. The van der Waals surface area contributed by atoms with E-state index < -0.39 is 46.8 Å². The molecule has 1 amide bonds. The molecule has 0 saturated heterocycles. The number of nitrogens with one attached hydrogen (secondary N) is 1. The van der Waals surface area contributed by atoms with Crippen molar-refractivity contribution in [3.05, 3.63) is 52.4 Å². The van der Waals surface area contributed by atoms with E-state index in [1.54, 1.807) is 0 Å². The molecule has 0 bridgehead atoms. The van der Waals surface area contributed by atoms with E-state index in [4.69, 9.17) is 17.3 Å². The first-order valence-corrected chi connectivity index (χ1v) is 10.9. The van der Waals surface area contributed by atoms with Crippen molar-refractivity contribution < 1.29 is 39.9 Å². The maximum Gasteiger partial charge on any atom is 0.459 e. The lowest BCUT2D eigenvalue weighted by molar-refractivity contribution is -0.292. The number of carbonyl (C=O) groups excluding carboxylic acids is 1. The van der Waals surface area contributed by atoms with Gasteiger partial charge in [-0.3, -0.25) is 4.79 Å². The number of alkyl halides is 8. The van der Waals surface area contributed by atoms with Crippen LogP contribution in [0.15, 0.2) is 30.6 Å². The number of nitrogens with zero attached hydrogens (tertiary/aromatic N) is 4. The topological polar surface area (TPSA) is 90.8 Å². The monoisotopic (exact) mass is 556 g/mol. The quantitative estimate of drug-likeness (QED) is 0.426. The second-order valence-electron chi connectivity index (χ2n) is 8.55. The molecule has 37 heavy (non-hydrogen) atoms. The zero-order valence-corrected chi connectivity index (χ0v) is 19.4. The predicted molar refractivity (Wildman–Crippen MR) is 114 cm³/mol. The second-order valence-corrected chi connectivity index (χ2v) is 8.95. The SMILES string of the molecule is Cn1nc(C(F)(F)C(F)(F)F)c(C(F)(F)F)c1-n1cc(-c2ccc(Cl)c(C(=O)NC3(CN)CC3)c2)cn1. The van der Waals surface area contributed by atoms with Crippen LogP contribution in [0.25, 0.3) is 16.9 Å². The van der Waals surface area contributed by atoms with Gasteiger partial charge in [0.15, 0.2) is 11.5 Å². The number of amides is 1. The number of halogens is 9. The van der Waals surface area contributed by atoms with Gasteiger partial charge in [-0.1, -0.05) is 17.7 Å². The number of rotatable bonds is 6. The maximum absolute atomic E-state index is 13.9. The average Bonchev–Trinajstić information content (AvgIpc) is 3.21. The van der Waals surface area contributed by atoms with E-state index in [1.807, 2.05) is 0 Å². The van der Waals surface area contributed by atoms with Gasteiger partial charge >= 0.3 is 18.3 Å². The molecule has 0 spiro atoms. The van der Waals surface area contributed by atoms with Crippen molar-refractivity contribution in [1.82, 2.24) is 24.9 Å². The molecule has 4 rings (SSSR count). The van der Waals surface area contributed by atoms with Crippen LogP contribution in [0.5, 0.6) is 0 Å². The molecule has 2 aromatic heterocycles. The molecule has 0 aliphatic heterocycles. The molecule has 0 atom stereocenters. The van der Waals surface area contributed by atoms with Crippen LogP contribution in [-0.4, -0.2) is 43.7 Å². The smallest absolute Gasteiger partial charge is 0.345 e. The Labute approximate surface area is 208 Å². The van der Waals surface area contributed by atoms with E-state index in [-0.39, 0.29) is 32.9 Å². The van der Waals surface area contributed by atoms with Crippen LogP contribution in [0, 0.1) is 0 Å². The summed E-state index contributed by atoms with van der Waals surface area (Å²) in [7, 11) is 0.776. The molecule has 0 unspecified atom stereocenters. The van der Waals surface area contributed by atoms with Gasteiger partial charge in [0.2, 0.25) is 0 Å². The van der Waals surface area contributed by atoms with Crippen molar-refractivity contribution in [3.63, 3.8) is 0 Å². The van der Waals surface area contributed by atoms with Crippen molar-refractivity contribution in [2.45, 2.75) is 36.7 Å². The second kappa shape index (κ2) is 8.68. The Kier molecular flexibility index (Phi) is 6.30. The maximum atomic E-state index is 13.9. The summed E-state index contributed by atoms with van der Waals surface area (Å²) in [6.45, 7) is 0.213. The highest BCUT2D eigenvalue weighted by atomic mass is 35.5. The molecule has 0 radical (unpaired) electrons. The molecule has 2 heterocycles. The van der Waals surface area contributed by atoms with E-state index >= 15 is 0 Å². The summed E-state index contributed by atoms with van der Waals surface area (Å²) in [5, 5.41) is 9.42. The van der Waals surface area contributed by atoms with Gasteiger partial charge in [0.05, 0.1) is 22.3 Å². The highest BCUT2D eigenvalue weighted by molar-refractivity contribution is 6.34. The fourth-order valence-electron chi connectivity index (χ4n) is 3.70. The van der Waals surface area contributed by atoms with Crippen molar-refractivity contribution in [2.24, 2.45) is 12.8 Å². The summed E-state index contributed by atoms with van der Waals surface area (Å²) >= 11 is 6.13. The fraction of sp³-hybridized carbons (Fsp3) is 0.381. The minimum atomic E-state index is -6.32. The molecule has 7 nitrogen and oxygen atoms in total. The summed E-state index contributed by atoms with van der Waals surface area (Å²) in [5.41, 5.74) is 0.748. The highest BCUT2D eigenvalue weighted by Gasteiger charge is 2.64. The Morgan fingerprint density at radius 1 is 1.14 bits per heavy atom. The lowest BCUT2D eigenvalue weighted by Gasteiger charge is -2.19.